The van der Waals surface area contributed by atoms with Gasteiger partial charge in [0.1, 0.15) is 5.38 Å². The molecule has 2 nitrogen and oxygen atoms in total. The van der Waals surface area contributed by atoms with Crippen molar-refractivity contribution in [3.8, 4) is 0 Å². The van der Waals surface area contributed by atoms with Crippen molar-refractivity contribution in [2.75, 3.05) is 12.0 Å². The molecule has 0 radical (unpaired) electrons. The van der Waals surface area contributed by atoms with E-state index in [4.69, 9.17) is 11.6 Å². The molecule has 1 amide bonds. The summed E-state index contributed by atoms with van der Waals surface area (Å²) >= 11 is 7.87. The van der Waals surface area contributed by atoms with E-state index in [2.05, 4.69) is 11.6 Å². The maximum atomic E-state index is 11.8. The van der Waals surface area contributed by atoms with Crippen molar-refractivity contribution in [2.45, 2.75) is 56.4 Å². The zero-order valence-electron chi connectivity index (χ0n) is 10.0. The third-order valence-corrected chi connectivity index (χ3v) is 4.16. The topological polar surface area (TPSA) is 29.1 Å². The number of thioether (sulfide) groups is 1. The second-order valence-corrected chi connectivity index (χ2v) is 5.96. The number of rotatable bonds is 6. The lowest BCUT2D eigenvalue weighted by atomic mass is 9.95. The van der Waals surface area contributed by atoms with Crippen LogP contribution in [0.25, 0.3) is 0 Å². The number of amides is 1. The van der Waals surface area contributed by atoms with Crippen LogP contribution in [0.4, 0.5) is 0 Å². The van der Waals surface area contributed by atoms with Gasteiger partial charge in [-0.3, -0.25) is 4.79 Å². The highest BCUT2D eigenvalue weighted by Gasteiger charge is 2.20. The molecule has 4 heteroatoms. The average molecular weight is 264 g/mol. The zero-order chi connectivity index (χ0) is 11.8. The van der Waals surface area contributed by atoms with Gasteiger partial charge in [0.2, 0.25) is 5.91 Å². The normalized spacial score (nSPS) is 19.4. The summed E-state index contributed by atoms with van der Waals surface area (Å²) < 4.78 is 0. The maximum Gasteiger partial charge on any atom is 0.238 e. The molecule has 1 saturated carbocycles. The Morgan fingerprint density at radius 1 is 1.44 bits per heavy atom. The molecule has 1 rings (SSSR count). The first-order valence-electron chi connectivity index (χ1n) is 6.17. The largest absolute Gasteiger partial charge is 0.352 e. The SMILES string of the molecule is CSCCCC(Cl)C(=O)NC1CCCCC1. The Kier molecular flexibility index (Phi) is 7.30. The Morgan fingerprint density at radius 3 is 2.75 bits per heavy atom. The molecule has 1 N–H and O–H groups in total. The molecule has 0 bridgehead atoms. The second kappa shape index (κ2) is 8.24. The Labute approximate surface area is 108 Å². The van der Waals surface area contributed by atoms with Crippen LogP contribution < -0.4 is 5.32 Å². The first-order chi connectivity index (χ1) is 7.74. The highest BCUT2D eigenvalue weighted by Crippen LogP contribution is 2.18. The molecule has 0 spiro atoms. The summed E-state index contributed by atoms with van der Waals surface area (Å²) in [6.45, 7) is 0. The van der Waals surface area contributed by atoms with Gasteiger partial charge in [-0.1, -0.05) is 19.3 Å². The fourth-order valence-electron chi connectivity index (χ4n) is 2.08. The van der Waals surface area contributed by atoms with Crippen LogP contribution in [-0.4, -0.2) is 29.3 Å². The zero-order valence-corrected chi connectivity index (χ0v) is 11.6. The van der Waals surface area contributed by atoms with E-state index in [1.54, 1.807) is 11.8 Å². The lowest BCUT2D eigenvalue weighted by Crippen LogP contribution is -2.40. The van der Waals surface area contributed by atoms with Crippen molar-refractivity contribution < 1.29 is 4.79 Å². The van der Waals surface area contributed by atoms with Crippen molar-refractivity contribution in [3.05, 3.63) is 0 Å². The maximum absolute atomic E-state index is 11.8. The fraction of sp³-hybridized carbons (Fsp3) is 0.917. The summed E-state index contributed by atoms with van der Waals surface area (Å²) in [4.78, 5) is 11.8. The van der Waals surface area contributed by atoms with Crippen LogP contribution in [0.1, 0.15) is 44.9 Å². The molecule has 0 aromatic rings. The van der Waals surface area contributed by atoms with E-state index >= 15 is 0 Å². The Hall–Kier alpha value is 0.110. The molecule has 0 aromatic carbocycles. The number of halogens is 1. The lowest BCUT2D eigenvalue weighted by molar-refractivity contribution is -0.121. The third-order valence-electron chi connectivity index (χ3n) is 3.04. The molecule has 16 heavy (non-hydrogen) atoms. The fourth-order valence-corrected chi connectivity index (χ4v) is 2.75. The van der Waals surface area contributed by atoms with Gasteiger partial charge < -0.3 is 5.32 Å². The van der Waals surface area contributed by atoms with Gasteiger partial charge in [0.05, 0.1) is 0 Å². The molecule has 1 fully saturated rings. The number of hydrogen-bond acceptors (Lipinski definition) is 2. The van der Waals surface area contributed by atoms with Crippen molar-refractivity contribution >= 4 is 29.3 Å². The summed E-state index contributed by atoms with van der Waals surface area (Å²) in [6.07, 6.45) is 9.93. The van der Waals surface area contributed by atoms with E-state index < -0.39 is 0 Å². The first-order valence-corrected chi connectivity index (χ1v) is 8.00. The number of carbonyl (C=O) groups is 1. The minimum atomic E-state index is -0.339. The van der Waals surface area contributed by atoms with Crippen LogP contribution in [-0.2, 0) is 4.79 Å². The van der Waals surface area contributed by atoms with Crippen LogP contribution in [0, 0.1) is 0 Å². The van der Waals surface area contributed by atoms with Gasteiger partial charge >= 0.3 is 0 Å². The molecule has 1 aliphatic carbocycles. The van der Waals surface area contributed by atoms with Crippen LogP contribution in [0.5, 0.6) is 0 Å². The molecule has 1 unspecified atom stereocenters. The van der Waals surface area contributed by atoms with E-state index in [1.807, 2.05) is 0 Å². The van der Waals surface area contributed by atoms with Gasteiger partial charge in [-0.05, 0) is 37.7 Å². The highest BCUT2D eigenvalue weighted by molar-refractivity contribution is 7.98. The Balaban J connectivity index is 2.16. The predicted molar refractivity (Wildman–Crippen MR) is 72.3 cm³/mol. The molecule has 0 aromatic heterocycles. The summed E-state index contributed by atoms with van der Waals surface area (Å²) in [5.41, 5.74) is 0. The van der Waals surface area contributed by atoms with Gasteiger partial charge in [-0.15, -0.1) is 11.6 Å². The minimum absolute atomic E-state index is 0.0367. The Morgan fingerprint density at radius 2 is 2.12 bits per heavy atom. The van der Waals surface area contributed by atoms with Gasteiger partial charge in [0.15, 0.2) is 0 Å². The van der Waals surface area contributed by atoms with Crippen molar-refractivity contribution in [3.63, 3.8) is 0 Å². The van der Waals surface area contributed by atoms with Gasteiger partial charge in [-0.25, -0.2) is 0 Å². The number of carbonyl (C=O) groups excluding carboxylic acids is 1. The van der Waals surface area contributed by atoms with Crippen molar-refractivity contribution in [1.29, 1.82) is 0 Å². The van der Waals surface area contributed by atoms with Gasteiger partial charge in [-0.2, -0.15) is 11.8 Å². The number of hydrogen-bond donors (Lipinski definition) is 1. The monoisotopic (exact) mass is 263 g/mol. The van der Waals surface area contributed by atoms with Crippen LogP contribution >= 0.6 is 23.4 Å². The summed E-state index contributed by atoms with van der Waals surface area (Å²) in [5.74, 6) is 1.12. The number of alkyl halides is 1. The average Bonchev–Trinajstić information content (AvgIpc) is 2.30. The summed E-state index contributed by atoms with van der Waals surface area (Å²) in [7, 11) is 0. The second-order valence-electron chi connectivity index (χ2n) is 4.45. The quantitative estimate of drug-likeness (QED) is 0.589. The predicted octanol–water partition coefficient (Wildman–Crippen LogP) is 3.19. The van der Waals surface area contributed by atoms with Crippen LogP contribution in [0.2, 0.25) is 0 Å². The van der Waals surface area contributed by atoms with Crippen molar-refractivity contribution in [1.82, 2.24) is 5.32 Å². The van der Waals surface area contributed by atoms with E-state index in [0.29, 0.717) is 6.04 Å². The van der Waals surface area contributed by atoms with E-state index in [-0.39, 0.29) is 11.3 Å². The first kappa shape index (κ1) is 14.2. The van der Waals surface area contributed by atoms with Crippen molar-refractivity contribution in [2.24, 2.45) is 0 Å². The van der Waals surface area contributed by atoms with E-state index in [0.717, 1.165) is 31.4 Å². The molecule has 0 heterocycles. The number of nitrogens with one attached hydrogen (secondary N) is 1. The lowest BCUT2D eigenvalue weighted by Gasteiger charge is -2.23. The van der Waals surface area contributed by atoms with Gasteiger partial charge in [0, 0.05) is 6.04 Å². The molecular formula is C12H22ClNOS. The molecule has 94 valence electrons. The molecule has 1 atom stereocenters. The molecule has 1 aliphatic rings. The van der Waals surface area contributed by atoms with E-state index in [9.17, 15) is 4.79 Å². The minimum Gasteiger partial charge on any atom is -0.352 e. The smallest absolute Gasteiger partial charge is 0.238 e. The molecule has 0 saturated heterocycles. The molecule has 0 aliphatic heterocycles. The van der Waals surface area contributed by atoms with E-state index in [1.165, 1.54) is 19.3 Å². The summed E-state index contributed by atoms with van der Waals surface area (Å²) in [5, 5.41) is 2.73. The third kappa shape index (κ3) is 5.44. The highest BCUT2D eigenvalue weighted by atomic mass is 35.5. The molecular weight excluding hydrogens is 242 g/mol. The van der Waals surface area contributed by atoms with Crippen LogP contribution in [0.3, 0.4) is 0 Å². The van der Waals surface area contributed by atoms with Crippen LogP contribution in [0.15, 0.2) is 0 Å². The Bertz CT molecular complexity index is 207. The standard InChI is InChI=1S/C12H22ClNOS/c1-16-9-5-8-11(13)12(15)14-10-6-3-2-4-7-10/h10-11H,2-9H2,1H3,(H,14,15). The summed E-state index contributed by atoms with van der Waals surface area (Å²) in [6, 6.07) is 0.378. The van der Waals surface area contributed by atoms with Gasteiger partial charge in [0.25, 0.3) is 0 Å².